The predicted molar refractivity (Wildman–Crippen MR) is 98.3 cm³/mol. The zero-order valence-corrected chi connectivity index (χ0v) is 15.8. The van der Waals surface area contributed by atoms with Crippen LogP contribution in [0.1, 0.15) is 21.5 Å². The number of benzene rings is 2. The molecule has 3 aromatic rings. The van der Waals surface area contributed by atoms with Gasteiger partial charge in [0.2, 0.25) is 0 Å². The number of rotatable bonds is 4. The maximum atomic E-state index is 13.3. The molecule has 0 saturated carbocycles. The molecule has 0 N–H and O–H groups in total. The number of hydrogen-bond donors (Lipinski definition) is 0. The van der Waals surface area contributed by atoms with Gasteiger partial charge in [-0.15, -0.1) is 0 Å². The van der Waals surface area contributed by atoms with Gasteiger partial charge in [-0.25, -0.2) is 17.2 Å². The van der Waals surface area contributed by atoms with Crippen LogP contribution in [-0.4, -0.2) is 32.6 Å². The van der Waals surface area contributed by atoms with E-state index in [9.17, 15) is 13.2 Å². The number of carbonyl (C=O) groups is 1. The summed E-state index contributed by atoms with van der Waals surface area (Å²) >= 11 is 0. The molecule has 136 valence electrons. The molecule has 3 rings (SSSR count). The largest absolute Gasteiger partial charge is 0.496 e. The highest BCUT2D eigenvalue weighted by Crippen LogP contribution is 2.30. The first-order chi connectivity index (χ1) is 12.3. The summed E-state index contributed by atoms with van der Waals surface area (Å²) in [6.07, 6.45) is 1.31. The second-order valence-corrected chi connectivity index (χ2v) is 7.72. The molecule has 0 radical (unpaired) electrons. The number of hydrogen-bond acceptors (Lipinski definition) is 5. The number of aromatic nitrogens is 1. The zero-order valence-electron chi connectivity index (χ0n) is 14.9. The predicted octanol–water partition coefficient (Wildman–Crippen LogP) is 3.29. The smallest absolute Gasteiger partial charge is 0.340 e. The summed E-state index contributed by atoms with van der Waals surface area (Å²) in [5.41, 5.74) is 1.89. The van der Waals surface area contributed by atoms with Crippen LogP contribution < -0.4 is 4.74 Å². The van der Waals surface area contributed by atoms with Crippen molar-refractivity contribution in [1.82, 2.24) is 3.97 Å². The first kappa shape index (κ1) is 18.0. The molecule has 0 atom stereocenters. The monoisotopic (exact) mass is 373 g/mol. The van der Waals surface area contributed by atoms with Crippen molar-refractivity contribution in [3.63, 3.8) is 0 Å². The van der Waals surface area contributed by atoms with Crippen molar-refractivity contribution in [2.24, 2.45) is 0 Å². The molecule has 0 aliphatic rings. The highest BCUT2D eigenvalue weighted by atomic mass is 32.2. The third kappa shape index (κ3) is 2.74. The average molecular weight is 373 g/mol. The van der Waals surface area contributed by atoms with Crippen LogP contribution in [0.2, 0.25) is 0 Å². The van der Waals surface area contributed by atoms with E-state index in [4.69, 9.17) is 9.47 Å². The highest BCUT2D eigenvalue weighted by Gasteiger charge is 2.26. The lowest BCUT2D eigenvalue weighted by atomic mass is 10.1. The van der Waals surface area contributed by atoms with Gasteiger partial charge in [-0.3, -0.25) is 0 Å². The van der Waals surface area contributed by atoms with Crippen LogP contribution in [0.4, 0.5) is 0 Å². The van der Waals surface area contributed by atoms with E-state index in [1.165, 1.54) is 20.4 Å². The summed E-state index contributed by atoms with van der Waals surface area (Å²) in [4.78, 5) is 12.2. The number of ether oxygens (including phenoxy) is 2. The molecule has 6 nitrogen and oxygen atoms in total. The number of fused-ring (bicyclic) bond motifs is 1. The number of esters is 1. The molecule has 0 unspecified atom stereocenters. The van der Waals surface area contributed by atoms with Crippen LogP contribution in [0, 0.1) is 13.8 Å². The van der Waals surface area contributed by atoms with E-state index in [1.807, 2.05) is 0 Å². The van der Waals surface area contributed by atoms with Gasteiger partial charge in [0.25, 0.3) is 10.0 Å². The van der Waals surface area contributed by atoms with Crippen molar-refractivity contribution in [1.29, 1.82) is 0 Å². The molecule has 0 spiro atoms. The first-order valence-electron chi connectivity index (χ1n) is 7.90. The molecule has 26 heavy (non-hydrogen) atoms. The number of methoxy groups -OCH3 is 2. The molecule has 0 bridgehead atoms. The Hall–Kier alpha value is -2.80. The fourth-order valence-corrected chi connectivity index (χ4v) is 4.65. The Morgan fingerprint density at radius 3 is 2.38 bits per heavy atom. The molecule has 0 aliphatic heterocycles. The number of carbonyl (C=O) groups excluding carboxylic acids is 1. The van der Waals surface area contributed by atoms with Crippen LogP contribution in [0.5, 0.6) is 5.75 Å². The lowest BCUT2D eigenvalue weighted by Gasteiger charge is -2.13. The minimum Gasteiger partial charge on any atom is -0.496 e. The Labute approximate surface area is 152 Å². The molecule has 7 heteroatoms. The Kier molecular flexibility index (Phi) is 4.50. The lowest BCUT2D eigenvalue weighted by molar-refractivity contribution is 0.0603. The SMILES string of the molecule is COC(=O)c1cn(S(=O)(=O)c2cc(C)c(OC)cc2C)c2ccccc12. The van der Waals surface area contributed by atoms with Crippen LogP contribution in [0.25, 0.3) is 10.9 Å². The van der Waals surface area contributed by atoms with Crippen LogP contribution in [0.15, 0.2) is 47.5 Å². The summed E-state index contributed by atoms with van der Waals surface area (Å²) in [6.45, 7) is 3.49. The van der Waals surface area contributed by atoms with Crippen molar-refractivity contribution in [2.75, 3.05) is 14.2 Å². The summed E-state index contributed by atoms with van der Waals surface area (Å²) in [5.74, 6) is 0.0341. The number of para-hydroxylation sites is 1. The van der Waals surface area contributed by atoms with Gasteiger partial charge >= 0.3 is 5.97 Å². The van der Waals surface area contributed by atoms with Gasteiger partial charge in [0.15, 0.2) is 0 Å². The summed E-state index contributed by atoms with van der Waals surface area (Å²) < 4.78 is 37.8. The van der Waals surface area contributed by atoms with Gasteiger partial charge < -0.3 is 9.47 Å². The average Bonchev–Trinajstić information content (AvgIpc) is 3.03. The van der Waals surface area contributed by atoms with Gasteiger partial charge in [0.1, 0.15) is 5.75 Å². The fourth-order valence-electron chi connectivity index (χ4n) is 2.99. The van der Waals surface area contributed by atoms with Crippen LogP contribution in [0.3, 0.4) is 0 Å². The van der Waals surface area contributed by atoms with Crippen molar-refractivity contribution in [3.05, 3.63) is 59.3 Å². The summed E-state index contributed by atoms with van der Waals surface area (Å²) in [5, 5.41) is 0.519. The normalized spacial score (nSPS) is 11.5. The maximum absolute atomic E-state index is 13.3. The molecule has 2 aromatic carbocycles. The van der Waals surface area contributed by atoms with E-state index in [2.05, 4.69) is 0 Å². The van der Waals surface area contributed by atoms with Crippen molar-refractivity contribution < 1.29 is 22.7 Å². The van der Waals surface area contributed by atoms with Gasteiger partial charge in [-0.2, -0.15) is 0 Å². The standard InChI is InChI=1S/C19H19NO5S/c1-12-10-18(13(2)9-17(12)24-3)26(22,23)20-11-15(19(21)25-4)14-7-5-6-8-16(14)20/h5-11H,1-4H3. The quantitative estimate of drug-likeness (QED) is 0.656. The van der Waals surface area contributed by atoms with Gasteiger partial charge in [-0.1, -0.05) is 18.2 Å². The van der Waals surface area contributed by atoms with Gasteiger partial charge in [0.05, 0.1) is 30.2 Å². The Morgan fingerprint density at radius 2 is 1.73 bits per heavy atom. The summed E-state index contributed by atoms with van der Waals surface area (Å²) in [7, 11) is -1.11. The Morgan fingerprint density at radius 1 is 1.04 bits per heavy atom. The second-order valence-electron chi connectivity index (χ2n) is 5.94. The maximum Gasteiger partial charge on any atom is 0.340 e. The molecule has 0 fully saturated rings. The molecular weight excluding hydrogens is 354 g/mol. The van der Waals surface area contributed by atoms with Gasteiger partial charge in [-0.05, 0) is 43.2 Å². The van der Waals surface area contributed by atoms with Crippen LogP contribution >= 0.6 is 0 Å². The second kappa shape index (κ2) is 6.49. The van der Waals surface area contributed by atoms with E-state index in [0.717, 1.165) is 3.97 Å². The zero-order chi connectivity index (χ0) is 19.1. The third-order valence-corrected chi connectivity index (χ3v) is 6.13. The molecule has 1 heterocycles. The topological polar surface area (TPSA) is 74.6 Å². The molecular formula is C19H19NO5S. The van der Waals surface area contributed by atoms with E-state index in [0.29, 0.717) is 27.8 Å². The van der Waals surface area contributed by atoms with E-state index >= 15 is 0 Å². The molecule has 1 aromatic heterocycles. The minimum absolute atomic E-state index is 0.160. The third-order valence-electron chi connectivity index (χ3n) is 4.31. The van der Waals surface area contributed by atoms with Crippen molar-refractivity contribution in [3.8, 4) is 5.75 Å². The van der Waals surface area contributed by atoms with Gasteiger partial charge in [0, 0.05) is 11.6 Å². The first-order valence-corrected chi connectivity index (χ1v) is 9.34. The van der Waals surface area contributed by atoms with Crippen molar-refractivity contribution in [2.45, 2.75) is 18.7 Å². The number of nitrogens with zero attached hydrogens (tertiary/aromatic N) is 1. The Balaban J connectivity index is 2.30. The highest BCUT2D eigenvalue weighted by molar-refractivity contribution is 7.90. The van der Waals surface area contributed by atoms with E-state index in [-0.39, 0.29) is 10.5 Å². The number of aryl methyl sites for hydroxylation is 2. The summed E-state index contributed by atoms with van der Waals surface area (Å²) in [6, 6.07) is 10.1. The minimum atomic E-state index is -3.91. The molecule has 0 aliphatic carbocycles. The lowest BCUT2D eigenvalue weighted by Crippen LogP contribution is -2.14. The fraction of sp³-hybridized carbons (Fsp3) is 0.211. The van der Waals surface area contributed by atoms with Crippen LogP contribution in [-0.2, 0) is 14.8 Å². The molecule has 0 saturated heterocycles. The van der Waals surface area contributed by atoms with E-state index in [1.54, 1.807) is 50.2 Å². The van der Waals surface area contributed by atoms with Crippen molar-refractivity contribution >= 4 is 26.9 Å². The molecule has 0 amide bonds. The Bertz CT molecular complexity index is 1110. The van der Waals surface area contributed by atoms with E-state index < -0.39 is 16.0 Å².